The Bertz CT molecular complexity index is 309. The number of hydrogen-bond acceptors (Lipinski definition) is 0. The molecule has 0 saturated heterocycles. The second-order valence-corrected chi connectivity index (χ2v) is 5.70. The average molecular weight is 203 g/mol. The van der Waals surface area contributed by atoms with Gasteiger partial charge in [-0.1, -0.05) is 45.0 Å². The Balaban J connectivity index is 3.01. The summed E-state index contributed by atoms with van der Waals surface area (Å²) in [5.41, 5.74) is 3.01. The third kappa shape index (κ3) is 2.77. The maximum Gasteiger partial charge on any atom is 0.125 e. The van der Waals surface area contributed by atoms with Crippen LogP contribution >= 0.6 is 0 Å². The summed E-state index contributed by atoms with van der Waals surface area (Å²) in [6.07, 6.45) is 1.17. The topological polar surface area (TPSA) is 0 Å². The lowest BCUT2D eigenvalue weighted by Crippen LogP contribution is -2.17. The van der Waals surface area contributed by atoms with E-state index in [9.17, 15) is 0 Å². The standard InChI is InChI=1S/C15H23/c1-7-15(5,6)13-10-8-12(9-11-13)14(2,3)4/h8-11H,2,7H2,1,3-6H3/q+1. The van der Waals surface area contributed by atoms with Gasteiger partial charge in [0, 0.05) is 5.56 Å². The highest BCUT2D eigenvalue weighted by Gasteiger charge is 2.23. The number of hydrogen-bond donors (Lipinski definition) is 0. The third-order valence-electron chi connectivity index (χ3n) is 3.33. The minimum Gasteiger partial charge on any atom is -0.0646 e. The average Bonchev–Trinajstić information content (AvgIpc) is 2.17. The van der Waals surface area contributed by atoms with Crippen LogP contribution in [0.1, 0.15) is 52.2 Å². The van der Waals surface area contributed by atoms with Crippen molar-refractivity contribution in [3.63, 3.8) is 0 Å². The molecule has 0 nitrogen and oxygen atoms in total. The first-order valence-corrected chi connectivity index (χ1v) is 5.74. The smallest absolute Gasteiger partial charge is 0.0646 e. The first-order valence-electron chi connectivity index (χ1n) is 5.74. The van der Waals surface area contributed by atoms with Crippen molar-refractivity contribution in [3.8, 4) is 0 Å². The van der Waals surface area contributed by atoms with Crippen LogP contribution in [0.25, 0.3) is 0 Å². The summed E-state index contributed by atoms with van der Waals surface area (Å²) in [5, 5.41) is 0. The van der Waals surface area contributed by atoms with E-state index in [1.54, 1.807) is 0 Å². The van der Waals surface area contributed by atoms with E-state index in [2.05, 4.69) is 65.8 Å². The summed E-state index contributed by atoms with van der Waals surface area (Å²) in [6, 6.07) is 8.90. The molecule has 1 rings (SSSR count). The van der Waals surface area contributed by atoms with Gasteiger partial charge in [-0.25, -0.2) is 0 Å². The quantitative estimate of drug-likeness (QED) is 0.635. The molecule has 0 spiro atoms. The van der Waals surface area contributed by atoms with Crippen molar-refractivity contribution in [2.45, 2.75) is 51.9 Å². The first-order chi connectivity index (χ1) is 6.77. The van der Waals surface area contributed by atoms with Crippen molar-refractivity contribution in [1.29, 1.82) is 0 Å². The molecule has 0 aliphatic heterocycles. The molecular weight excluding hydrogens is 180 g/mol. The maximum atomic E-state index is 4.15. The molecule has 0 bridgehead atoms. The zero-order valence-corrected chi connectivity index (χ0v) is 10.7. The maximum absolute atomic E-state index is 4.15. The molecule has 0 aliphatic carbocycles. The molecule has 15 heavy (non-hydrogen) atoms. The van der Waals surface area contributed by atoms with Gasteiger partial charge < -0.3 is 0 Å². The molecule has 0 fully saturated rings. The predicted octanol–water partition coefficient (Wildman–Crippen LogP) is 4.49. The van der Waals surface area contributed by atoms with Crippen LogP contribution in [0.2, 0.25) is 0 Å². The second-order valence-electron chi connectivity index (χ2n) is 5.70. The molecule has 0 N–H and O–H groups in total. The largest absolute Gasteiger partial charge is 0.125 e. The normalized spacial score (nSPS) is 12.9. The van der Waals surface area contributed by atoms with Crippen molar-refractivity contribution in [2.75, 3.05) is 0 Å². The third-order valence-corrected chi connectivity index (χ3v) is 3.33. The molecule has 0 saturated carbocycles. The van der Waals surface area contributed by atoms with Crippen molar-refractivity contribution < 1.29 is 0 Å². The lowest BCUT2D eigenvalue weighted by atomic mass is 9.80. The fraction of sp³-hybridized carbons (Fsp3) is 0.533. The Kier molecular flexibility index (Phi) is 3.18. The molecule has 1 aromatic carbocycles. The van der Waals surface area contributed by atoms with Gasteiger partial charge in [0.2, 0.25) is 0 Å². The van der Waals surface area contributed by atoms with Crippen LogP contribution < -0.4 is 0 Å². The van der Waals surface area contributed by atoms with Crippen LogP contribution in [0.3, 0.4) is 0 Å². The van der Waals surface area contributed by atoms with Crippen molar-refractivity contribution in [2.24, 2.45) is 0 Å². The summed E-state index contributed by atoms with van der Waals surface area (Å²) < 4.78 is 0. The zero-order valence-electron chi connectivity index (χ0n) is 10.7. The summed E-state index contributed by atoms with van der Waals surface area (Å²) >= 11 is 0. The Morgan fingerprint density at radius 2 is 1.33 bits per heavy atom. The molecule has 0 amide bonds. The van der Waals surface area contributed by atoms with E-state index in [1.165, 1.54) is 17.5 Å². The Morgan fingerprint density at radius 3 is 1.67 bits per heavy atom. The highest BCUT2D eigenvalue weighted by Crippen LogP contribution is 2.29. The van der Waals surface area contributed by atoms with E-state index in [4.69, 9.17) is 0 Å². The van der Waals surface area contributed by atoms with Crippen LogP contribution in [-0.4, -0.2) is 0 Å². The van der Waals surface area contributed by atoms with E-state index >= 15 is 0 Å². The molecular formula is C15H23+. The van der Waals surface area contributed by atoms with Gasteiger partial charge in [0.05, 0.1) is 6.92 Å². The van der Waals surface area contributed by atoms with Gasteiger partial charge in [0.25, 0.3) is 0 Å². The Labute approximate surface area is 94.7 Å². The zero-order chi connectivity index (χ0) is 11.7. The fourth-order valence-corrected chi connectivity index (χ4v) is 1.58. The molecule has 0 aliphatic rings. The van der Waals surface area contributed by atoms with Gasteiger partial charge in [-0.05, 0) is 31.2 Å². The van der Waals surface area contributed by atoms with Gasteiger partial charge in [-0.3, -0.25) is 0 Å². The minimum atomic E-state index is 0.00882. The van der Waals surface area contributed by atoms with E-state index in [0.29, 0.717) is 0 Å². The number of rotatable bonds is 3. The summed E-state index contributed by atoms with van der Waals surface area (Å²) in [7, 11) is 0. The van der Waals surface area contributed by atoms with E-state index in [-0.39, 0.29) is 10.8 Å². The molecule has 0 heteroatoms. The van der Waals surface area contributed by atoms with Crippen molar-refractivity contribution >= 4 is 0 Å². The van der Waals surface area contributed by atoms with Gasteiger partial charge in [-0.15, -0.1) is 0 Å². The molecule has 0 atom stereocenters. The van der Waals surface area contributed by atoms with Gasteiger partial charge in [0.1, 0.15) is 5.41 Å². The van der Waals surface area contributed by atoms with Gasteiger partial charge in [0.15, 0.2) is 0 Å². The van der Waals surface area contributed by atoms with E-state index in [1.807, 2.05) is 0 Å². The number of benzene rings is 1. The SMILES string of the molecule is [CH2+]C(C)(C)c1ccc(C(C)(C)CC)cc1. The van der Waals surface area contributed by atoms with Crippen LogP contribution in [0.15, 0.2) is 24.3 Å². The monoisotopic (exact) mass is 203 g/mol. The van der Waals surface area contributed by atoms with Crippen LogP contribution in [0.5, 0.6) is 0 Å². The lowest BCUT2D eigenvalue weighted by Gasteiger charge is -2.24. The summed E-state index contributed by atoms with van der Waals surface area (Å²) in [4.78, 5) is 0. The van der Waals surface area contributed by atoms with Crippen LogP contribution in [-0.2, 0) is 10.8 Å². The van der Waals surface area contributed by atoms with Gasteiger partial charge in [-0.2, -0.15) is 0 Å². The fourth-order valence-electron chi connectivity index (χ4n) is 1.58. The molecule has 0 radical (unpaired) electrons. The van der Waals surface area contributed by atoms with E-state index in [0.717, 1.165) is 0 Å². The Morgan fingerprint density at radius 1 is 0.933 bits per heavy atom. The minimum absolute atomic E-state index is 0.00882. The van der Waals surface area contributed by atoms with Crippen LogP contribution in [0.4, 0.5) is 0 Å². The van der Waals surface area contributed by atoms with Crippen LogP contribution in [0, 0.1) is 6.92 Å². The van der Waals surface area contributed by atoms with Crippen molar-refractivity contribution in [1.82, 2.24) is 0 Å². The molecule has 0 aromatic heterocycles. The molecule has 0 heterocycles. The molecule has 0 unspecified atom stereocenters. The van der Waals surface area contributed by atoms with Gasteiger partial charge >= 0.3 is 0 Å². The van der Waals surface area contributed by atoms with Crippen molar-refractivity contribution in [3.05, 3.63) is 42.3 Å². The highest BCUT2D eigenvalue weighted by molar-refractivity contribution is 5.32. The second kappa shape index (κ2) is 3.92. The highest BCUT2D eigenvalue weighted by atomic mass is 14.2. The molecule has 82 valence electrons. The molecule has 1 aromatic rings. The first kappa shape index (κ1) is 12.2. The predicted molar refractivity (Wildman–Crippen MR) is 68.1 cm³/mol. The van der Waals surface area contributed by atoms with E-state index < -0.39 is 0 Å². The summed E-state index contributed by atoms with van der Waals surface area (Å²) in [5.74, 6) is 0. The Hall–Kier alpha value is -0.910. The lowest BCUT2D eigenvalue weighted by molar-refractivity contribution is 0.505. The summed E-state index contributed by atoms with van der Waals surface area (Å²) in [6.45, 7) is 15.3.